The molecule has 1 aliphatic carbocycles. The van der Waals surface area contributed by atoms with Crippen LogP contribution in [0.4, 0.5) is 0 Å². The molecule has 1 saturated carbocycles. The van der Waals surface area contributed by atoms with Gasteiger partial charge in [-0.15, -0.1) is 0 Å². The van der Waals surface area contributed by atoms with E-state index in [0.717, 1.165) is 24.8 Å². The van der Waals surface area contributed by atoms with Crippen molar-refractivity contribution in [3.63, 3.8) is 0 Å². The van der Waals surface area contributed by atoms with Crippen molar-refractivity contribution in [3.8, 4) is 0 Å². The Morgan fingerprint density at radius 2 is 2.24 bits per heavy atom. The lowest BCUT2D eigenvalue weighted by Crippen LogP contribution is -2.44. The van der Waals surface area contributed by atoms with Crippen LogP contribution in [-0.4, -0.2) is 18.0 Å². The van der Waals surface area contributed by atoms with Gasteiger partial charge in [-0.2, -0.15) is 0 Å². The highest BCUT2D eigenvalue weighted by molar-refractivity contribution is 6.30. The number of hydrogen-bond donors (Lipinski definition) is 2. The summed E-state index contributed by atoms with van der Waals surface area (Å²) in [4.78, 5) is 12.1. The number of aryl methyl sites for hydroxylation is 1. The first-order chi connectivity index (χ1) is 8.08. The van der Waals surface area contributed by atoms with Crippen LogP contribution in [0.5, 0.6) is 0 Å². The third-order valence-corrected chi connectivity index (χ3v) is 3.55. The number of carbonyl (C=O) groups excluding carboxylic acids is 1. The Labute approximate surface area is 106 Å². The molecule has 0 spiro atoms. The molecule has 1 aliphatic rings. The van der Waals surface area contributed by atoms with Crippen LogP contribution >= 0.6 is 11.6 Å². The molecule has 1 fully saturated rings. The highest BCUT2D eigenvalue weighted by Crippen LogP contribution is 2.19. The van der Waals surface area contributed by atoms with E-state index in [0.29, 0.717) is 10.6 Å². The second kappa shape index (κ2) is 5.07. The molecule has 0 aliphatic heterocycles. The Hall–Kier alpha value is -1.06. The van der Waals surface area contributed by atoms with Gasteiger partial charge in [0.2, 0.25) is 0 Å². The van der Waals surface area contributed by atoms with Gasteiger partial charge in [-0.1, -0.05) is 11.6 Å². The van der Waals surface area contributed by atoms with Crippen molar-refractivity contribution in [1.29, 1.82) is 0 Å². The minimum atomic E-state index is -0.0542. The molecular weight excluding hydrogens is 236 g/mol. The summed E-state index contributed by atoms with van der Waals surface area (Å²) in [5, 5.41) is 3.65. The zero-order valence-electron chi connectivity index (χ0n) is 9.87. The molecule has 3 N–H and O–H groups in total. The van der Waals surface area contributed by atoms with Crippen molar-refractivity contribution in [1.82, 2.24) is 5.32 Å². The van der Waals surface area contributed by atoms with E-state index < -0.39 is 0 Å². The second-order valence-electron chi connectivity index (χ2n) is 4.63. The van der Waals surface area contributed by atoms with E-state index in [2.05, 4.69) is 5.32 Å². The molecule has 2 atom stereocenters. The zero-order chi connectivity index (χ0) is 12.4. The summed E-state index contributed by atoms with van der Waals surface area (Å²) in [6.45, 7) is 1.88. The molecule has 4 heteroatoms. The number of halogens is 1. The fourth-order valence-electron chi connectivity index (χ4n) is 2.30. The Bertz CT molecular complexity index is 433. The molecule has 3 nitrogen and oxygen atoms in total. The molecular formula is C13H17ClN2O. The van der Waals surface area contributed by atoms with Gasteiger partial charge < -0.3 is 11.1 Å². The third kappa shape index (κ3) is 2.79. The maximum absolute atomic E-state index is 12.1. The van der Waals surface area contributed by atoms with Gasteiger partial charge in [0.05, 0.1) is 0 Å². The van der Waals surface area contributed by atoms with E-state index >= 15 is 0 Å². The second-order valence-corrected chi connectivity index (χ2v) is 5.07. The predicted molar refractivity (Wildman–Crippen MR) is 69.3 cm³/mol. The Morgan fingerprint density at radius 1 is 1.47 bits per heavy atom. The molecule has 0 saturated heterocycles. The van der Waals surface area contributed by atoms with E-state index in [4.69, 9.17) is 17.3 Å². The fraction of sp³-hybridized carbons (Fsp3) is 0.462. The summed E-state index contributed by atoms with van der Waals surface area (Å²) < 4.78 is 0. The van der Waals surface area contributed by atoms with E-state index in [9.17, 15) is 4.79 Å². The lowest BCUT2D eigenvalue weighted by Gasteiger charge is -2.18. The summed E-state index contributed by atoms with van der Waals surface area (Å²) in [5.74, 6) is -0.0542. The summed E-state index contributed by atoms with van der Waals surface area (Å²) in [5.41, 5.74) is 7.50. The molecule has 0 radical (unpaired) electrons. The van der Waals surface area contributed by atoms with Crippen molar-refractivity contribution in [2.75, 3.05) is 0 Å². The molecule has 0 bridgehead atoms. The number of amides is 1. The van der Waals surface area contributed by atoms with Gasteiger partial charge in [0.25, 0.3) is 5.91 Å². The zero-order valence-corrected chi connectivity index (χ0v) is 10.6. The van der Waals surface area contributed by atoms with Crippen molar-refractivity contribution in [2.45, 2.75) is 38.3 Å². The monoisotopic (exact) mass is 252 g/mol. The van der Waals surface area contributed by atoms with E-state index in [-0.39, 0.29) is 18.0 Å². The number of nitrogens with one attached hydrogen (secondary N) is 1. The molecule has 1 aromatic rings. The average Bonchev–Trinajstić information content (AvgIpc) is 2.64. The highest BCUT2D eigenvalue weighted by atomic mass is 35.5. The number of benzene rings is 1. The van der Waals surface area contributed by atoms with Crippen LogP contribution in [0, 0.1) is 6.92 Å². The molecule has 92 valence electrons. The van der Waals surface area contributed by atoms with Crippen LogP contribution in [0.3, 0.4) is 0 Å². The maximum Gasteiger partial charge on any atom is 0.251 e. The molecule has 0 aromatic heterocycles. The Balaban J connectivity index is 2.09. The molecule has 0 heterocycles. The molecule has 1 amide bonds. The number of hydrogen-bond acceptors (Lipinski definition) is 2. The normalized spacial score (nSPS) is 23.7. The topological polar surface area (TPSA) is 55.1 Å². The summed E-state index contributed by atoms with van der Waals surface area (Å²) in [6.07, 6.45) is 3.05. The Morgan fingerprint density at radius 3 is 2.82 bits per heavy atom. The first-order valence-electron chi connectivity index (χ1n) is 5.90. The number of carbonyl (C=O) groups is 1. The summed E-state index contributed by atoms with van der Waals surface area (Å²) in [7, 11) is 0. The van der Waals surface area contributed by atoms with Gasteiger partial charge >= 0.3 is 0 Å². The molecule has 2 rings (SSSR count). The van der Waals surface area contributed by atoms with Crippen molar-refractivity contribution in [2.24, 2.45) is 5.73 Å². The third-order valence-electron chi connectivity index (χ3n) is 3.32. The van der Waals surface area contributed by atoms with Crippen LogP contribution in [0.2, 0.25) is 5.02 Å². The van der Waals surface area contributed by atoms with Crippen LogP contribution in [0.1, 0.15) is 35.2 Å². The van der Waals surface area contributed by atoms with Gasteiger partial charge in [-0.25, -0.2) is 0 Å². The molecule has 2 unspecified atom stereocenters. The van der Waals surface area contributed by atoms with Crippen LogP contribution in [-0.2, 0) is 0 Å². The summed E-state index contributed by atoms with van der Waals surface area (Å²) >= 11 is 5.86. The minimum absolute atomic E-state index is 0.0542. The van der Waals surface area contributed by atoms with Gasteiger partial charge in [0.15, 0.2) is 0 Å². The van der Waals surface area contributed by atoms with Gasteiger partial charge in [-0.05, 0) is 49.9 Å². The first-order valence-corrected chi connectivity index (χ1v) is 6.28. The fourth-order valence-corrected chi connectivity index (χ4v) is 2.52. The number of nitrogens with two attached hydrogens (primary N) is 1. The lowest BCUT2D eigenvalue weighted by molar-refractivity contribution is 0.0934. The van der Waals surface area contributed by atoms with Crippen LogP contribution in [0.15, 0.2) is 18.2 Å². The minimum Gasteiger partial charge on any atom is -0.348 e. The van der Waals surface area contributed by atoms with E-state index in [1.54, 1.807) is 18.2 Å². The molecule has 1 aromatic carbocycles. The largest absolute Gasteiger partial charge is 0.348 e. The Kier molecular flexibility index (Phi) is 3.69. The quantitative estimate of drug-likeness (QED) is 0.848. The average molecular weight is 253 g/mol. The van der Waals surface area contributed by atoms with E-state index in [1.807, 2.05) is 6.92 Å². The standard InChI is InChI=1S/C13H17ClN2O/c1-8-7-9(14)5-6-10(8)13(17)16-12-4-2-3-11(12)15/h5-7,11-12H,2-4,15H2,1H3,(H,16,17). The van der Waals surface area contributed by atoms with E-state index in [1.165, 1.54) is 0 Å². The van der Waals surface area contributed by atoms with Crippen LogP contribution < -0.4 is 11.1 Å². The first kappa shape index (κ1) is 12.4. The predicted octanol–water partition coefficient (Wildman–Crippen LogP) is 2.26. The van der Waals surface area contributed by atoms with Crippen molar-refractivity contribution < 1.29 is 4.79 Å². The maximum atomic E-state index is 12.1. The smallest absolute Gasteiger partial charge is 0.251 e. The highest BCUT2D eigenvalue weighted by Gasteiger charge is 2.25. The van der Waals surface area contributed by atoms with Crippen LogP contribution in [0.25, 0.3) is 0 Å². The number of rotatable bonds is 2. The van der Waals surface area contributed by atoms with Crippen molar-refractivity contribution in [3.05, 3.63) is 34.3 Å². The van der Waals surface area contributed by atoms with Gasteiger partial charge in [-0.3, -0.25) is 4.79 Å². The SMILES string of the molecule is Cc1cc(Cl)ccc1C(=O)NC1CCCC1N. The summed E-state index contributed by atoms with van der Waals surface area (Å²) in [6, 6.07) is 5.49. The molecule has 17 heavy (non-hydrogen) atoms. The van der Waals surface area contributed by atoms with Gasteiger partial charge in [0.1, 0.15) is 0 Å². The lowest BCUT2D eigenvalue weighted by atomic mass is 10.1. The van der Waals surface area contributed by atoms with Crippen molar-refractivity contribution >= 4 is 17.5 Å². The van der Waals surface area contributed by atoms with Gasteiger partial charge in [0, 0.05) is 22.7 Å².